The molecule has 1 aromatic carbocycles. The Morgan fingerprint density at radius 3 is 2.95 bits per heavy atom. The third kappa shape index (κ3) is 4.61. The average molecular weight is 294 g/mol. The predicted octanol–water partition coefficient (Wildman–Crippen LogP) is 0.780. The van der Waals surface area contributed by atoms with Crippen LogP contribution in [0.2, 0.25) is 0 Å². The summed E-state index contributed by atoms with van der Waals surface area (Å²) >= 11 is 0. The zero-order chi connectivity index (χ0) is 15.5. The van der Waals surface area contributed by atoms with Gasteiger partial charge < -0.3 is 20.0 Å². The van der Waals surface area contributed by atoms with E-state index in [1.165, 1.54) is 0 Å². The molecular weight excluding hydrogens is 272 g/mol. The quantitative estimate of drug-likeness (QED) is 0.748. The maximum absolute atomic E-state index is 11.3. The third-order valence-corrected chi connectivity index (χ3v) is 2.98. The number of nitrogens with one attached hydrogen (secondary N) is 2. The van der Waals surface area contributed by atoms with Gasteiger partial charge in [0.25, 0.3) is 5.91 Å². The molecule has 0 saturated carbocycles. The van der Waals surface area contributed by atoms with Crippen molar-refractivity contribution in [2.45, 2.75) is 38.8 Å². The van der Waals surface area contributed by atoms with Gasteiger partial charge in [-0.25, -0.2) is 0 Å². The van der Waals surface area contributed by atoms with E-state index in [2.05, 4.69) is 10.8 Å². The molecule has 6 heteroatoms. The third-order valence-electron chi connectivity index (χ3n) is 2.98. The maximum atomic E-state index is 11.3. The summed E-state index contributed by atoms with van der Waals surface area (Å²) in [6.45, 7) is 6.69. The number of rotatable bonds is 5. The van der Waals surface area contributed by atoms with Crippen molar-refractivity contribution >= 4 is 5.91 Å². The van der Waals surface area contributed by atoms with Gasteiger partial charge in [0.1, 0.15) is 12.7 Å². The van der Waals surface area contributed by atoms with Gasteiger partial charge in [0.2, 0.25) is 5.75 Å². The Morgan fingerprint density at radius 1 is 1.48 bits per heavy atom. The minimum Gasteiger partial charge on any atom is -0.487 e. The lowest BCUT2D eigenvalue weighted by Gasteiger charge is -2.24. The number of benzene rings is 1. The molecule has 21 heavy (non-hydrogen) atoms. The van der Waals surface area contributed by atoms with Crippen LogP contribution in [0.1, 0.15) is 26.3 Å². The molecular formula is C15H22N2O4. The number of hydrogen-bond donors (Lipinski definition) is 3. The zero-order valence-corrected chi connectivity index (χ0v) is 12.6. The van der Waals surface area contributed by atoms with Crippen LogP contribution in [0.25, 0.3) is 0 Å². The van der Waals surface area contributed by atoms with Crippen molar-refractivity contribution in [1.82, 2.24) is 10.8 Å². The molecule has 6 nitrogen and oxygen atoms in total. The molecule has 1 aliphatic rings. The van der Waals surface area contributed by atoms with Crippen molar-refractivity contribution in [3.05, 3.63) is 23.8 Å². The number of aliphatic hydroxyl groups is 1. The van der Waals surface area contributed by atoms with E-state index < -0.39 is 6.10 Å². The van der Waals surface area contributed by atoms with Gasteiger partial charge in [-0.15, -0.1) is 0 Å². The van der Waals surface area contributed by atoms with Crippen LogP contribution in [0, 0.1) is 0 Å². The number of para-hydroxylation sites is 1. The summed E-state index contributed by atoms with van der Waals surface area (Å²) in [5, 5.41) is 13.1. The number of fused-ring (bicyclic) bond motifs is 1. The summed E-state index contributed by atoms with van der Waals surface area (Å²) in [6, 6.07) is 5.37. The topological polar surface area (TPSA) is 79.8 Å². The van der Waals surface area contributed by atoms with Crippen molar-refractivity contribution in [3.63, 3.8) is 0 Å². The van der Waals surface area contributed by atoms with E-state index in [-0.39, 0.29) is 24.5 Å². The zero-order valence-electron chi connectivity index (χ0n) is 12.6. The van der Waals surface area contributed by atoms with Crippen LogP contribution in [-0.2, 0) is 11.2 Å². The fourth-order valence-corrected chi connectivity index (χ4v) is 1.92. The van der Waals surface area contributed by atoms with Crippen LogP contribution in [0.3, 0.4) is 0 Å². The molecule has 1 heterocycles. The van der Waals surface area contributed by atoms with E-state index >= 15 is 0 Å². The second-order valence-electron chi connectivity index (χ2n) is 6.14. The van der Waals surface area contributed by atoms with Crippen molar-refractivity contribution in [3.8, 4) is 11.5 Å². The highest BCUT2D eigenvalue weighted by Crippen LogP contribution is 2.32. The molecule has 0 saturated heterocycles. The summed E-state index contributed by atoms with van der Waals surface area (Å²) < 4.78 is 5.60. The van der Waals surface area contributed by atoms with Gasteiger partial charge in [-0.3, -0.25) is 4.79 Å². The van der Waals surface area contributed by atoms with E-state index in [0.29, 0.717) is 18.0 Å². The first kappa shape index (κ1) is 15.6. The summed E-state index contributed by atoms with van der Waals surface area (Å²) in [6.07, 6.45) is -0.362. The van der Waals surface area contributed by atoms with Crippen LogP contribution in [0.15, 0.2) is 18.2 Å². The molecule has 1 amide bonds. The molecule has 0 radical (unpaired) electrons. The number of carbonyl (C=O) groups excluding carboxylic acids is 1. The largest absolute Gasteiger partial charge is 0.487 e. The van der Waals surface area contributed by atoms with Crippen molar-refractivity contribution < 1.29 is 19.5 Å². The van der Waals surface area contributed by atoms with E-state index in [1.807, 2.05) is 26.8 Å². The standard InChI is InChI=1S/C15H22N2O4/c1-15(2,3)16-8-11(18)9-20-12-6-4-5-10-7-13(19)17-21-14(10)12/h4-6,11,16,18H,7-9H2,1-3H3,(H,17,19). The first-order valence-electron chi connectivity index (χ1n) is 6.98. The van der Waals surface area contributed by atoms with Crippen LogP contribution >= 0.6 is 0 Å². The Labute approximate surface area is 124 Å². The van der Waals surface area contributed by atoms with E-state index in [1.54, 1.807) is 12.1 Å². The van der Waals surface area contributed by atoms with Crippen LogP contribution in [-0.4, -0.2) is 35.8 Å². The molecule has 2 rings (SSSR count). The highest BCUT2D eigenvalue weighted by molar-refractivity contribution is 5.80. The maximum Gasteiger partial charge on any atom is 0.257 e. The highest BCUT2D eigenvalue weighted by atomic mass is 16.7. The van der Waals surface area contributed by atoms with Gasteiger partial charge in [-0.1, -0.05) is 12.1 Å². The van der Waals surface area contributed by atoms with Gasteiger partial charge >= 0.3 is 0 Å². The lowest BCUT2D eigenvalue weighted by Crippen LogP contribution is -2.42. The number of hydrogen-bond acceptors (Lipinski definition) is 5. The predicted molar refractivity (Wildman–Crippen MR) is 78.2 cm³/mol. The lowest BCUT2D eigenvalue weighted by atomic mass is 10.1. The van der Waals surface area contributed by atoms with Gasteiger partial charge in [0, 0.05) is 17.6 Å². The van der Waals surface area contributed by atoms with Crippen molar-refractivity contribution in [1.29, 1.82) is 0 Å². The Hall–Kier alpha value is -1.79. The molecule has 1 aliphatic heterocycles. The molecule has 0 aliphatic carbocycles. The van der Waals surface area contributed by atoms with E-state index in [4.69, 9.17) is 9.57 Å². The van der Waals surface area contributed by atoms with Gasteiger partial charge in [-0.05, 0) is 26.8 Å². The minimum absolute atomic E-state index is 0.0553. The normalized spacial score (nSPS) is 15.7. The van der Waals surface area contributed by atoms with Crippen LogP contribution in [0.5, 0.6) is 11.5 Å². The summed E-state index contributed by atoms with van der Waals surface area (Å²) in [4.78, 5) is 16.4. The monoisotopic (exact) mass is 294 g/mol. The van der Waals surface area contributed by atoms with E-state index in [0.717, 1.165) is 5.56 Å². The molecule has 1 atom stereocenters. The smallest absolute Gasteiger partial charge is 0.257 e. The second kappa shape index (κ2) is 6.32. The molecule has 1 unspecified atom stereocenters. The molecule has 0 spiro atoms. The van der Waals surface area contributed by atoms with Gasteiger partial charge in [0.15, 0.2) is 5.75 Å². The van der Waals surface area contributed by atoms with Crippen molar-refractivity contribution in [2.75, 3.05) is 13.2 Å². The fraction of sp³-hybridized carbons (Fsp3) is 0.533. The first-order chi connectivity index (χ1) is 9.85. The number of aliphatic hydroxyl groups excluding tert-OH is 1. The first-order valence-corrected chi connectivity index (χ1v) is 6.98. The van der Waals surface area contributed by atoms with Gasteiger partial charge in [-0.2, -0.15) is 5.48 Å². The number of hydroxylamine groups is 1. The second-order valence-corrected chi connectivity index (χ2v) is 6.14. The fourth-order valence-electron chi connectivity index (χ4n) is 1.92. The molecule has 116 valence electrons. The highest BCUT2D eigenvalue weighted by Gasteiger charge is 2.21. The molecule has 0 bridgehead atoms. The van der Waals surface area contributed by atoms with Gasteiger partial charge in [0.05, 0.1) is 6.42 Å². The Bertz CT molecular complexity index is 511. The molecule has 3 N–H and O–H groups in total. The van der Waals surface area contributed by atoms with E-state index in [9.17, 15) is 9.90 Å². The summed E-state index contributed by atoms with van der Waals surface area (Å²) in [5.41, 5.74) is 3.04. The minimum atomic E-state index is -0.627. The van der Waals surface area contributed by atoms with Crippen LogP contribution < -0.4 is 20.4 Å². The summed E-state index contributed by atoms with van der Waals surface area (Å²) in [5.74, 6) is 0.837. The molecule has 1 aromatic rings. The summed E-state index contributed by atoms with van der Waals surface area (Å²) in [7, 11) is 0. The number of ether oxygens (including phenoxy) is 1. The number of β-amino-alcohol motifs (C(OH)–C–C–N with tert-alkyl or cyclic N) is 1. The Morgan fingerprint density at radius 2 is 2.24 bits per heavy atom. The molecule has 0 aromatic heterocycles. The Kier molecular flexibility index (Phi) is 4.69. The lowest BCUT2D eigenvalue weighted by molar-refractivity contribution is -0.128. The average Bonchev–Trinajstić information content (AvgIpc) is 2.41. The SMILES string of the molecule is CC(C)(C)NCC(O)COc1cccc2c1ONC(=O)C2. The number of carbonyl (C=O) groups is 1. The number of amides is 1. The van der Waals surface area contributed by atoms with Crippen molar-refractivity contribution in [2.24, 2.45) is 0 Å². The Balaban J connectivity index is 1.92. The van der Waals surface area contributed by atoms with Crippen LogP contribution in [0.4, 0.5) is 0 Å². The molecule has 0 fully saturated rings.